The van der Waals surface area contributed by atoms with Gasteiger partial charge in [-0.25, -0.2) is 0 Å². The van der Waals surface area contributed by atoms with Crippen LogP contribution < -0.4 is 0 Å². The fourth-order valence-electron chi connectivity index (χ4n) is 1.84. The van der Waals surface area contributed by atoms with Crippen LogP contribution >= 0.6 is 0 Å². The van der Waals surface area contributed by atoms with Crippen molar-refractivity contribution in [1.82, 2.24) is 0 Å². The standard InChI is InChI=1S/C10H16O/c1-7(2)8-4-5-10(3)9(6-8)11-10/h4-5,7-9H,6H2,1-3H3/t8-,9?,10+/m1/s1. The number of ether oxygens (including phenoxy) is 1. The molecule has 2 rings (SSSR count). The van der Waals surface area contributed by atoms with E-state index in [1.54, 1.807) is 0 Å². The van der Waals surface area contributed by atoms with Gasteiger partial charge in [0, 0.05) is 0 Å². The van der Waals surface area contributed by atoms with Crippen LogP contribution in [-0.2, 0) is 4.74 Å². The molecule has 2 aliphatic rings. The molecule has 1 aliphatic heterocycles. The van der Waals surface area contributed by atoms with Gasteiger partial charge in [-0.3, -0.25) is 0 Å². The molecule has 1 unspecified atom stereocenters. The summed E-state index contributed by atoms with van der Waals surface area (Å²) in [6.45, 7) is 6.73. The quantitative estimate of drug-likeness (QED) is 0.415. The second-order valence-corrected chi connectivity index (χ2v) is 4.29. The Morgan fingerprint density at radius 3 is 2.82 bits per heavy atom. The molecule has 0 radical (unpaired) electrons. The summed E-state index contributed by atoms with van der Waals surface area (Å²) in [6.07, 6.45) is 6.32. The van der Waals surface area contributed by atoms with Gasteiger partial charge in [-0.1, -0.05) is 26.0 Å². The van der Waals surface area contributed by atoms with E-state index in [-0.39, 0.29) is 5.60 Å². The first-order valence-corrected chi connectivity index (χ1v) is 4.49. The lowest BCUT2D eigenvalue weighted by Crippen LogP contribution is -2.18. The summed E-state index contributed by atoms with van der Waals surface area (Å²) < 4.78 is 5.56. The van der Waals surface area contributed by atoms with Gasteiger partial charge in [0.2, 0.25) is 0 Å². The second kappa shape index (κ2) is 2.10. The molecular weight excluding hydrogens is 136 g/mol. The first-order chi connectivity index (χ1) is 5.12. The van der Waals surface area contributed by atoms with Crippen molar-refractivity contribution in [3.63, 3.8) is 0 Å². The number of rotatable bonds is 1. The van der Waals surface area contributed by atoms with Gasteiger partial charge in [0.1, 0.15) is 5.60 Å². The minimum Gasteiger partial charge on any atom is -0.362 e. The molecule has 3 atom stereocenters. The number of hydrogen-bond acceptors (Lipinski definition) is 1. The van der Waals surface area contributed by atoms with Gasteiger partial charge in [-0.05, 0) is 25.2 Å². The normalized spacial score (nSPS) is 47.6. The third kappa shape index (κ3) is 1.12. The van der Waals surface area contributed by atoms with Gasteiger partial charge in [0.15, 0.2) is 0 Å². The predicted octanol–water partition coefficient (Wildman–Crippen LogP) is 2.38. The van der Waals surface area contributed by atoms with Crippen LogP contribution in [0.15, 0.2) is 12.2 Å². The largest absolute Gasteiger partial charge is 0.362 e. The summed E-state index contributed by atoms with van der Waals surface area (Å²) in [4.78, 5) is 0. The molecule has 0 saturated carbocycles. The Morgan fingerprint density at radius 1 is 1.55 bits per heavy atom. The first-order valence-electron chi connectivity index (χ1n) is 4.49. The van der Waals surface area contributed by atoms with Crippen molar-refractivity contribution in [2.24, 2.45) is 11.8 Å². The van der Waals surface area contributed by atoms with E-state index in [0.717, 1.165) is 11.8 Å². The first kappa shape index (κ1) is 7.35. The van der Waals surface area contributed by atoms with Crippen molar-refractivity contribution in [3.8, 4) is 0 Å². The van der Waals surface area contributed by atoms with E-state index in [9.17, 15) is 0 Å². The average Bonchev–Trinajstić information content (AvgIpc) is 2.58. The Kier molecular flexibility index (Phi) is 1.40. The molecule has 0 aromatic carbocycles. The van der Waals surface area contributed by atoms with E-state index in [0.29, 0.717) is 6.10 Å². The van der Waals surface area contributed by atoms with Crippen LogP contribution in [0.5, 0.6) is 0 Å². The van der Waals surface area contributed by atoms with Crippen LogP contribution in [0.4, 0.5) is 0 Å². The summed E-state index contributed by atoms with van der Waals surface area (Å²) in [5.41, 5.74) is 0.130. The van der Waals surface area contributed by atoms with E-state index in [1.807, 2.05) is 0 Å². The molecule has 0 amide bonds. The summed E-state index contributed by atoms with van der Waals surface area (Å²) in [7, 11) is 0. The number of fused-ring (bicyclic) bond motifs is 1. The third-order valence-electron chi connectivity index (χ3n) is 3.00. The van der Waals surface area contributed by atoms with Gasteiger partial charge in [0.25, 0.3) is 0 Å². The lowest BCUT2D eigenvalue weighted by molar-refractivity contribution is 0.324. The summed E-state index contributed by atoms with van der Waals surface area (Å²) in [5.74, 6) is 1.51. The molecule has 0 aromatic heterocycles. The van der Waals surface area contributed by atoms with Gasteiger partial charge in [-0.15, -0.1) is 0 Å². The third-order valence-corrected chi connectivity index (χ3v) is 3.00. The lowest BCUT2D eigenvalue weighted by Gasteiger charge is -2.19. The van der Waals surface area contributed by atoms with Crippen LogP contribution in [0.3, 0.4) is 0 Å². The second-order valence-electron chi connectivity index (χ2n) is 4.29. The van der Waals surface area contributed by atoms with Crippen molar-refractivity contribution < 1.29 is 4.74 Å². The molecule has 1 heteroatoms. The van der Waals surface area contributed by atoms with E-state index in [4.69, 9.17) is 4.74 Å². The fourth-order valence-corrected chi connectivity index (χ4v) is 1.84. The van der Waals surface area contributed by atoms with E-state index >= 15 is 0 Å². The number of hydrogen-bond donors (Lipinski definition) is 0. The van der Waals surface area contributed by atoms with Crippen LogP contribution in [-0.4, -0.2) is 11.7 Å². The van der Waals surface area contributed by atoms with Crippen molar-refractivity contribution in [2.75, 3.05) is 0 Å². The molecular formula is C10H16O. The zero-order valence-corrected chi connectivity index (χ0v) is 7.50. The molecule has 1 nitrogen and oxygen atoms in total. The monoisotopic (exact) mass is 152 g/mol. The van der Waals surface area contributed by atoms with Crippen molar-refractivity contribution >= 4 is 0 Å². The zero-order chi connectivity index (χ0) is 8.06. The van der Waals surface area contributed by atoms with E-state index in [2.05, 4.69) is 32.9 Å². The highest BCUT2D eigenvalue weighted by Gasteiger charge is 2.52. The maximum atomic E-state index is 5.56. The topological polar surface area (TPSA) is 12.5 Å². The van der Waals surface area contributed by atoms with E-state index < -0.39 is 0 Å². The van der Waals surface area contributed by atoms with Crippen molar-refractivity contribution in [2.45, 2.75) is 38.9 Å². The molecule has 1 saturated heterocycles. The van der Waals surface area contributed by atoms with Crippen LogP contribution in [0, 0.1) is 11.8 Å². The van der Waals surface area contributed by atoms with Crippen LogP contribution in [0.25, 0.3) is 0 Å². The summed E-state index contributed by atoms with van der Waals surface area (Å²) >= 11 is 0. The minimum absolute atomic E-state index is 0.130. The smallest absolute Gasteiger partial charge is 0.110 e. The van der Waals surface area contributed by atoms with Crippen molar-refractivity contribution in [1.29, 1.82) is 0 Å². The highest BCUT2D eigenvalue weighted by Crippen LogP contribution is 2.46. The molecule has 0 aromatic rings. The fraction of sp³-hybridized carbons (Fsp3) is 0.800. The summed E-state index contributed by atoms with van der Waals surface area (Å²) in [6, 6.07) is 0. The lowest BCUT2D eigenvalue weighted by atomic mass is 9.83. The van der Waals surface area contributed by atoms with Crippen molar-refractivity contribution in [3.05, 3.63) is 12.2 Å². The Hall–Kier alpha value is -0.300. The predicted molar refractivity (Wildman–Crippen MR) is 45.4 cm³/mol. The molecule has 11 heavy (non-hydrogen) atoms. The Bertz CT molecular complexity index is 195. The molecule has 1 fully saturated rings. The highest BCUT2D eigenvalue weighted by atomic mass is 16.6. The minimum atomic E-state index is 0.130. The van der Waals surface area contributed by atoms with Gasteiger partial charge >= 0.3 is 0 Å². The molecule has 62 valence electrons. The molecule has 0 bridgehead atoms. The van der Waals surface area contributed by atoms with Gasteiger partial charge in [0.05, 0.1) is 6.10 Å². The van der Waals surface area contributed by atoms with E-state index in [1.165, 1.54) is 6.42 Å². The Balaban J connectivity index is 2.07. The van der Waals surface area contributed by atoms with Crippen LogP contribution in [0.2, 0.25) is 0 Å². The highest BCUT2D eigenvalue weighted by molar-refractivity contribution is 5.20. The average molecular weight is 152 g/mol. The number of allylic oxidation sites excluding steroid dienone is 1. The number of epoxide rings is 1. The van der Waals surface area contributed by atoms with Crippen LogP contribution in [0.1, 0.15) is 27.2 Å². The molecule has 1 aliphatic carbocycles. The summed E-state index contributed by atoms with van der Waals surface area (Å²) in [5, 5.41) is 0. The molecule has 0 N–H and O–H groups in total. The SMILES string of the molecule is CC(C)[C@@H]1C=C[C@]2(C)OC2C1. The van der Waals surface area contributed by atoms with Gasteiger partial charge in [-0.2, -0.15) is 0 Å². The maximum Gasteiger partial charge on any atom is 0.110 e. The maximum absolute atomic E-state index is 5.56. The molecule has 1 heterocycles. The Labute approximate surface area is 68.4 Å². The zero-order valence-electron chi connectivity index (χ0n) is 7.50. The molecule has 0 spiro atoms. The Morgan fingerprint density at radius 2 is 2.27 bits per heavy atom. The van der Waals surface area contributed by atoms with Gasteiger partial charge < -0.3 is 4.74 Å².